The molecule has 0 aliphatic rings. The van der Waals surface area contributed by atoms with E-state index in [4.69, 9.17) is 11.6 Å². The van der Waals surface area contributed by atoms with Crippen LogP contribution in [0.25, 0.3) is 0 Å². The van der Waals surface area contributed by atoms with Crippen molar-refractivity contribution in [1.29, 1.82) is 0 Å². The highest BCUT2D eigenvalue weighted by Crippen LogP contribution is 2.28. The van der Waals surface area contributed by atoms with Gasteiger partial charge in [-0.15, -0.1) is 0 Å². The van der Waals surface area contributed by atoms with E-state index in [0.29, 0.717) is 20.1 Å². The summed E-state index contributed by atoms with van der Waals surface area (Å²) in [6.45, 7) is 0. The molecule has 2 N–H and O–H groups in total. The molecule has 1 aromatic heterocycles. The van der Waals surface area contributed by atoms with Gasteiger partial charge in [-0.25, -0.2) is 4.98 Å². The fourth-order valence-electron chi connectivity index (χ4n) is 1.19. The fraction of sp³-hybridized carbons (Fsp3) is 0. The molecule has 2 aromatic rings. The third-order valence-corrected chi connectivity index (χ3v) is 3.79. The molecule has 0 aliphatic heterocycles. The number of hydrogen-bond acceptors (Lipinski definition) is 3. The van der Waals surface area contributed by atoms with Crippen molar-refractivity contribution in [1.82, 2.24) is 9.97 Å². The molecule has 0 fully saturated rings. The van der Waals surface area contributed by atoms with Gasteiger partial charge >= 0.3 is 0 Å². The first-order chi connectivity index (χ1) is 8.08. The third kappa shape index (κ3) is 2.99. The summed E-state index contributed by atoms with van der Waals surface area (Å²) in [6.07, 6.45) is 1.35. The molecule has 0 bridgehead atoms. The lowest BCUT2D eigenvalue weighted by Crippen LogP contribution is -2.13. The standard InChI is InChI=1S/C10H6BrClIN3O/c11-5-1-2-7(6(12)3-5)16-9-8(13)10(17)15-4-14-9/h1-4H,(H2,14,15,16,17). The topological polar surface area (TPSA) is 57.8 Å². The highest BCUT2D eigenvalue weighted by molar-refractivity contribution is 14.1. The smallest absolute Gasteiger partial charge is 0.266 e. The van der Waals surface area contributed by atoms with E-state index in [1.165, 1.54) is 6.33 Å². The maximum absolute atomic E-state index is 11.4. The van der Waals surface area contributed by atoms with Gasteiger partial charge < -0.3 is 10.3 Å². The zero-order valence-corrected chi connectivity index (χ0v) is 12.8. The van der Waals surface area contributed by atoms with E-state index in [2.05, 4.69) is 31.2 Å². The van der Waals surface area contributed by atoms with E-state index in [1.807, 2.05) is 34.7 Å². The predicted octanol–water partition coefficient (Wildman–Crippen LogP) is 3.53. The number of H-pyrrole nitrogens is 1. The Morgan fingerprint density at radius 3 is 2.94 bits per heavy atom. The van der Waals surface area contributed by atoms with Crippen LogP contribution in [0.2, 0.25) is 5.02 Å². The predicted molar refractivity (Wildman–Crippen MR) is 80.0 cm³/mol. The zero-order valence-electron chi connectivity index (χ0n) is 8.30. The molecular formula is C10H6BrClIN3O. The Hall–Kier alpha value is -0.600. The lowest BCUT2D eigenvalue weighted by atomic mass is 10.3. The van der Waals surface area contributed by atoms with Crippen molar-refractivity contribution in [2.24, 2.45) is 0 Å². The summed E-state index contributed by atoms with van der Waals surface area (Å²) < 4.78 is 1.38. The van der Waals surface area contributed by atoms with Gasteiger partial charge in [-0.1, -0.05) is 27.5 Å². The van der Waals surface area contributed by atoms with Crippen molar-refractivity contribution in [3.63, 3.8) is 0 Å². The van der Waals surface area contributed by atoms with Crippen LogP contribution in [0.5, 0.6) is 0 Å². The number of nitrogens with zero attached hydrogens (tertiary/aromatic N) is 1. The molecule has 0 aliphatic carbocycles. The van der Waals surface area contributed by atoms with Crippen molar-refractivity contribution in [2.75, 3.05) is 5.32 Å². The first kappa shape index (κ1) is 12.8. The molecule has 0 radical (unpaired) electrons. The van der Waals surface area contributed by atoms with Crippen LogP contribution in [0.1, 0.15) is 0 Å². The molecule has 0 spiro atoms. The van der Waals surface area contributed by atoms with Crippen molar-refractivity contribution < 1.29 is 0 Å². The Labute approximate surface area is 124 Å². The van der Waals surface area contributed by atoms with Gasteiger partial charge in [0.1, 0.15) is 3.57 Å². The molecular weight excluding hydrogens is 420 g/mol. The Balaban J connectivity index is 2.38. The summed E-state index contributed by atoms with van der Waals surface area (Å²) >= 11 is 11.3. The van der Waals surface area contributed by atoms with E-state index in [0.717, 1.165) is 4.47 Å². The van der Waals surface area contributed by atoms with Crippen LogP contribution in [-0.4, -0.2) is 9.97 Å². The SMILES string of the molecule is O=c1[nH]cnc(Nc2ccc(Br)cc2Cl)c1I. The highest BCUT2D eigenvalue weighted by atomic mass is 127. The van der Waals surface area contributed by atoms with E-state index in [1.54, 1.807) is 6.07 Å². The average molecular weight is 426 g/mol. The summed E-state index contributed by atoms with van der Waals surface area (Å²) in [5.74, 6) is 0.485. The lowest BCUT2D eigenvalue weighted by Gasteiger charge is -2.08. The zero-order chi connectivity index (χ0) is 12.4. The summed E-state index contributed by atoms with van der Waals surface area (Å²) in [7, 11) is 0. The number of rotatable bonds is 2. The van der Waals surface area contributed by atoms with Crippen molar-refractivity contribution in [3.8, 4) is 0 Å². The van der Waals surface area contributed by atoms with E-state index < -0.39 is 0 Å². The first-order valence-corrected chi connectivity index (χ1v) is 6.78. The molecule has 0 atom stereocenters. The third-order valence-electron chi connectivity index (χ3n) is 1.98. The molecule has 0 saturated carbocycles. The first-order valence-electron chi connectivity index (χ1n) is 4.53. The van der Waals surface area contributed by atoms with E-state index in [9.17, 15) is 4.79 Å². The molecule has 0 amide bonds. The lowest BCUT2D eigenvalue weighted by molar-refractivity contribution is 1.10. The van der Waals surface area contributed by atoms with Gasteiger partial charge in [0.05, 0.1) is 17.0 Å². The largest absolute Gasteiger partial charge is 0.338 e. The van der Waals surface area contributed by atoms with Crippen LogP contribution >= 0.6 is 50.1 Å². The summed E-state index contributed by atoms with van der Waals surface area (Å²) in [6, 6.07) is 5.43. The number of benzene rings is 1. The Morgan fingerprint density at radius 1 is 1.47 bits per heavy atom. The maximum Gasteiger partial charge on any atom is 0.266 e. The fourth-order valence-corrected chi connectivity index (χ4v) is 2.34. The average Bonchev–Trinajstić information content (AvgIpc) is 2.28. The molecule has 2 rings (SSSR count). The minimum absolute atomic E-state index is 0.184. The van der Waals surface area contributed by atoms with Crippen LogP contribution in [0, 0.1) is 3.57 Å². The number of hydrogen-bond donors (Lipinski definition) is 2. The molecule has 1 aromatic carbocycles. The normalized spacial score (nSPS) is 10.3. The van der Waals surface area contributed by atoms with Crippen LogP contribution in [0.4, 0.5) is 11.5 Å². The second-order valence-electron chi connectivity index (χ2n) is 3.14. The molecule has 0 unspecified atom stereocenters. The molecule has 7 heteroatoms. The molecule has 88 valence electrons. The van der Waals surface area contributed by atoms with Crippen LogP contribution in [-0.2, 0) is 0 Å². The number of nitrogens with one attached hydrogen (secondary N) is 2. The van der Waals surface area contributed by atoms with Gasteiger partial charge in [0.25, 0.3) is 5.56 Å². The summed E-state index contributed by atoms with van der Waals surface area (Å²) in [4.78, 5) is 17.9. The number of halogens is 3. The number of aromatic amines is 1. The van der Waals surface area contributed by atoms with Crippen molar-refractivity contribution >= 4 is 61.6 Å². The quantitative estimate of drug-likeness (QED) is 0.723. The summed E-state index contributed by atoms with van der Waals surface area (Å²) in [5, 5.41) is 3.57. The Morgan fingerprint density at radius 2 is 2.24 bits per heavy atom. The monoisotopic (exact) mass is 425 g/mol. The highest BCUT2D eigenvalue weighted by Gasteiger charge is 2.07. The Bertz CT molecular complexity index is 617. The summed E-state index contributed by atoms with van der Waals surface area (Å²) in [5.41, 5.74) is 0.516. The van der Waals surface area contributed by atoms with Gasteiger partial charge in [-0.05, 0) is 40.8 Å². The molecule has 17 heavy (non-hydrogen) atoms. The van der Waals surface area contributed by atoms with E-state index >= 15 is 0 Å². The number of aromatic nitrogens is 2. The van der Waals surface area contributed by atoms with Crippen molar-refractivity contribution in [2.45, 2.75) is 0 Å². The molecule has 1 heterocycles. The second kappa shape index (κ2) is 5.36. The number of anilines is 2. The molecule has 0 saturated heterocycles. The van der Waals surface area contributed by atoms with Crippen molar-refractivity contribution in [3.05, 3.63) is 47.9 Å². The van der Waals surface area contributed by atoms with Crippen LogP contribution < -0.4 is 10.9 Å². The minimum Gasteiger partial charge on any atom is -0.338 e. The van der Waals surface area contributed by atoms with Crippen LogP contribution in [0.15, 0.2) is 33.8 Å². The minimum atomic E-state index is -0.184. The van der Waals surface area contributed by atoms with Gasteiger partial charge in [0.2, 0.25) is 0 Å². The van der Waals surface area contributed by atoms with Crippen LogP contribution in [0.3, 0.4) is 0 Å². The van der Waals surface area contributed by atoms with Gasteiger partial charge in [0, 0.05) is 4.47 Å². The Kier molecular flexibility index (Phi) is 4.05. The van der Waals surface area contributed by atoms with Gasteiger partial charge in [-0.2, -0.15) is 0 Å². The van der Waals surface area contributed by atoms with E-state index in [-0.39, 0.29) is 5.56 Å². The maximum atomic E-state index is 11.4. The van der Waals surface area contributed by atoms with Gasteiger partial charge in [0.15, 0.2) is 5.82 Å². The van der Waals surface area contributed by atoms with Gasteiger partial charge in [-0.3, -0.25) is 4.79 Å². The second-order valence-corrected chi connectivity index (χ2v) is 5.55. The molecule has 4 nitrogen and oxygen atoms in total.